The highest BCUT2D eigenvalue weighted by Gasteiger charge is 2.67. The summed E-state index contributed by atoms with van der Waals surface area (Å²) in [5.74, 6) is 9.17. The van der Waals surface area contributed by atoms with Crippen LogP contribution in [-0.4, -0.2) is 54.2 Å². The van der Waals surface area contributed by atoms with Crippen molar-refractivity contribution >= 4 is 22.8 Å². The number of fused-ring (bicyclic) bond motifs is 3. The van der Waals surface area contributed by atoms with Gasteiger partial charge in [0, 0.05) is 36.4 Å². The fourth-order valence-electron chi connectivity index (χ4n) is 7.43. The molecular weight excluding hydrogens is 516 g/mol. The summed E-state index contributed by atoms with van der Waals surface area (Å²) in [6, 6.07) is 6.64. The van der Waals surface area contributed by atoms with Crippen LogP contribution in [0.1, 0.15) is 101 Å². The first kappa shape index (κ1) is 28.3. The first-order chi connectivity index (χ1) is 19.5. The molecule has 0 aromatic heterocycles. The van der Waals surface area contributed by atoms with Gasteiger partial charge in [0.15, 0.2) is 10.7 Å². The Balaban J connectivity index is 1.40. The number of nitrogens with zero attached hydrogens (tertiary/aromatic N) is 2. The number of carbonyl (C=O) groups excluding carboxylic acids is 1. The molecule has 5 aliphatic rings. The molecule has 40 heavy (non-hydrogen) atoms. The van der Waals surface area contributed by atoms with Gasteiger partial charge in [-0.1, -0.05) is 56.4 Å². The van der Waals surface area contributed by atoms with Crippen LogP contribution in [0.3, 0.4) is 0 Å². The number of benzene rings is 1. The second-order valence-corrected chi connectivity index (χ2v) is 14.0. The Hall–Kier alpha value is -1.81. The average Bonchev–Trinajstić information content (AvgIpc) is 3.48. The molecule has 6 heteroatoms. The number of aliphatic imine (C=N–C) groups is 1. The molecule has 3 fully saturated rings. The number of unbranched alkanes of at least 4 members (excludes halogenated alkanes) is 1. The lowest BCUT2D eigenvalue weighted by molar-refractivity contribution is -0.139. The van der Waals surface area contributed by atoms with Gasteiger partial charge in [-0.25, -0.2) is 4.99 Å². The van der Waals surface area contributed by atoms with E-state index in [1.807, 2.05) is 12.0 Å². The molecule has 2 saturated carbocycles. The summed E-state index contributed by atoms with van der Waals surface area (Å²) in [7, 11) is 1.82. The van der Waals surface area contributed by atoms with Gasteiger partial charge < -0.3 is 9.47 Å². The second kappa shape index (κ2) is 11.8. The fraction of sp³-hybridized carbons (Fsp3) is 0.706. The zero-order valence-electron chi connectivity index (χ0n) is 24.7. The van der Waals surface area contributed by atoms with E-state index in [1.165, 1.54) is 37.7 Å². The van der Waals surface area contributed by atoms with Gasteiger partial charge in [-0.3, -0.25) is 9.69 Å². The third kappa shape index (κ3) is 5.27. The molecule has 1 saturated heterocycles. The first-order valence-electron chi connectivity index (χ1n) is 15.8. The number of carbonyl (C=O) groups is 1. The number of rotatable bonds is 8. The molecule has 1 aromatic rings. The average molecular weight is 563 g/mol. The fourth-order valence-corrected chi connectivity index (χ4v) is 8.54. The Morgan fingerprint density at radius 2 is 2.05 bits per heavy atom. The van der Waals surface area contributed by atoms with E-state index in [9.17, 15) is 4.79 Å². The van der Waals surface area contributed by atoms with E-state index in [-0.39, 0.29) is 23.5 Å². The number of thioether (sulfide) groups is 1. The Kier molecular flexibility index (Phi) is 8.37. The topological polar surface area (TPSA) is 51.1 Å². The van der Waals surface area contributed by atoms with Crippen molar-refractivity contribution in [3.05, 3.63) is 34.9 Å². The van der Waals surface area contributed by atoms with Crippen molar-refractivity contribution in [1.82, 2.24) is 4.90 Å². The summed E-state index contributed by atoms with van der Waals surface area (Å²) in [6.45, 7) is 6.00. The van der Waals surface area contributed by atoms with Gasteiger partial charge in [0.2, 0.25) is 0 Å². The maximum atomic E-state index is 15.0. The number of amides is 1. The van der Waals surface area contributed by atoms with Crippen LogP contribution in [0.2, 0.25) is 0 Å². The highest BCUT2D eigenvalue weighted by Crippen LogP contribution is 2.62. The van der Waals surface area contributed by atoms with Crippen molar-refractivity contribution in [2.24, 2.45) is 22.2 Å². The van der Waals surface area contributed by atoms with E-state index in [0.717, 1.165) is 73.6 Å². The summed E-state index contributed by atoms with van der Waals surface area (Å²) in [6.07, 6.45) is 13.3. The number of hydrogen-bond donors (Lipinski definition) is 0. The Labute approximate surface area is 245 Å². The van der Waals surface area contributed by atoms with Crippen molar-refractivity contribution in [2.45, 2.75) is 109 Å². The molecule has 1 amide bonds. The molecule has 0 N–H and O–H groups in total. The second-order valence-electron chi connectivity index (χ2n) is 13.0. The largest absolute Gasteiger partial charge is 0.381 e. The summed E-state index contributed by atoms with van der Waals surface area (Å²) in [4.78, 5) is 22.6. The normalized spacial score (nSPS) is 31.9. The Morgan fingerprint density at radius 3 is 2.75 bits per heavy atom. The molecule has 2 heterocycles. The number of methoxy groups -OCH3 is 1. The minimum Gasteiger partial charge on any atom is -0.381 e. The van der Waals surface area contributed by atoms with Crippen LogP contribution >= 0.6 is 11.8 Å². The molecule has 3 atom stereocenters. The van der Waals surface area contributed by atoms with E-state index < -0.39 is 5.54 Å². The van der Waals surface area contributed by atoms with Crippen LogP contribution in [-0.2, 0) is 26.2 Å². The van der Waals surface area contributed by atoms with Crippen LogP contribution < -0.4 is 0 Å². The zero-order chi connectivity index (χ0) is 27.7. The van der Waals surface area contributed by atoms with Gasteiger partial charge in [0.1, 0.15) is 0 Å². The van der Waals surface area contributed by atoms with Crippen molar-refractivity contribution < 1.29 is 14.3 Å². The number of hydrogen-bond acceptors (Lipinski definition) is 5. The van der Waals surface area contributed by atoms with Gasteiger partial charge >= 0.3 is 0 Å². The Bertz CT molecular complexity index is 1180. The Morgan fingerprint density at radius 1 is 1.23 bits per heavy atom. The molecule has 3 aliphatic carbocycles. The lowest BCUT2D eigenvalue weighted by atomic mass is 9.61. The van der Waals surface area contributed by atoms with Crippen LogP contribution in [0.15, 0.2) is 23.2 Å². The van der Waals surface area contributed by atoms with Crippen molar-refractivity contribution in [3.63, 3.8) is 0 Å². The van der Waals surface area contributed by atoms with E-state index in [4.69, 9.17) is 14.5 Å². The lowest BCUT2D eigenvalue weighted by Gasteiger charge is -2.45. The predicted octanol–water partition coefficient (Wildman–Crippen LogP) is 6.71. The summed E-state index contributed by atoms with van der Waals surface area (Å²) in [5.41, 5.74) is 2.34. The van der Waals surface area contributed by atoms with Gasteiger partial charge in [-0.05, 0) is 93.4 Å². The first-order valence-corrected chi connectivity index (χ1v) is 16.8. The molecule has 3 unspecified atom stereocenters. The highest BCUT2D eigenvalue weighted by atomic mass is 32.2. The third-order valence-electron chi connectivity index (χ3n) is 10.0. The van der Waals surface area contributed by atoms with Crippen LogP contribution in [0.4, 0.5) is 0 Å². The molecule has 2 aliphatic heterocycles. The molecule has 216 valence electrons. The maximum absolute atomic E-state index is 15.0. The van der Waals surface area contributed by atoms with E-state index in [1.54, 1.807) is 11.8 Å². The lowest BCUT2D eigenvalue weighted by Crippen LogP contribution is -2.52. The third-order valence-corrected chi connectivity index (χ3v) is 11.3. The van der Waals surface area contributed by atoms with Gasteiger partial charge in [-0.2, -0.15) is 0 Å². The predicted molar refractivity (Wildman–Crippen MR) is 162 cm³/mol. The van der Waals surface area contributed by atoms with E-state index in [2.05, 4.69) is 43.9 Å². The SMILES string of the molecule is CCCCC(C)CSC1=NC2(C(=O)N1CC1CCCO1)c1cc(C#CC3CC3)ccc1CC21CCC(OC)CC1. The zero-order valence-corrected chi connectivity index (χ0v) is 25.5. The highest BCUT2D eigenvalue weighted by molar-refractivity contribution is 8.13. The molecule has 2 spiro atoms. The smallest absolute Gasteiger partial charge is 0.261 e. The van der Waals surface area contributed by atoms with E-state index >= 15 is 0 Å². The summed E-state index contributed by atoms with van der Waals surface area (Å²) in [5, 5.41) is 0.916. The minimum absolute atomic E-state index is 0.0965. The van der Waals surface area contributed by atoms with Crippen molar-refractivity contribution in [2.75, 3.05) is 26.0 Å². The maximum Gasteiger partial charge on any atom is 0.261 e. The number of amidine groups is 1. The quantitative estimate of drug-likeness (QED) is 0.331. The minimum atomic E-state index is -0.869. The molecule has 5 nitrogen and oxygen atoms in total. The molecule has 1 aromatic carbocycles. The number of ether oxygens (including phenoxy) is 2. The van der Waals surface area contributed by atoms with Crippen LogP contribution in [0.5, 0.6) is 0 Å². The molecular formula is C34H46N2O3S. The summed E-state index contributed by atoms with van der Waals surface area (Å²) >= 11 is 1.80. The standard InChI is InChI=1S/C34H46N2O3S/c1-4-5-7-24(2)23-40-32-35-34(31(37)36(32)22-29-8-6-19-39-29)30-20-26(12-11-25-9-10-25)13-14-27(30)21-33(34)17-15-28(38-3)16-18-33/h13-14,20,24-25,28-29H,4-10,15-19,21-23H2,1-3H3. The molecule has 0 bridgehead atoms. The van der Waals surface area contributed by atoms with Gasteiger partial charge in [0.05, 0.1) is 18.8 Å². The monoisotopic (exact) mass is 562 g/mol. The summed E-state index contributed by atoms with van der Waals surface area (Å²) < 4.78 is 11.8. The van der Waals surface area contributed by atoms with Crippen LogP contribution in [0, 0.1) is 29.1 Å². The molecule has 6 rings (SSSR count). The van der Waals surface area contributed by atoms with Crippen LogP contribution in [0.25, 0.3) is 0 Å². The van der Waals surface area contributed by atoms with Crippen molar-refractivity contribution in [1.29, 1.82) is 0 Å². The van der Waals surface area contributed by atoms with Crippen molar-refractivity contribution in [3.8, 4) is 11.8 Å². The van der Waals surface area contributed by atoms with E-state index in [0.29, 0.717) is 18.4 Å². The van der Waals surface area contributed by atoms with Gasteiger partial charge in [-0.15, -0.1) is 0 Å². The molecule has 0 radical (unpaired) electrons. The van der Waals surface area contributed by atoms with Gasteiger partial charge in [0.25, 0.3) is 5.91 Å².